The van der Waals surface area contributed by atoms with E-state index in [1.807, 2.05) is 24.3 Å². The van der Waals surface area contributed by atoms with Gasteiger partial charge in [0.05, 0.1) is 0 Å². The molecular weight excluding hydrogens is 667 g/mol. The van der Waals surface area contributed by atoms with Gasteiger partial charge in [0.25, 0.3) is 0 Å². The molecule has 0 saturated heterocycles. The van der Waals surface area contributed by atoms with Crippen LogP contribution in [-0.2, 0) is 12.8 Å². The van der Waals surface area contributed by atoms with Gasteiger partial charge in [0.2, 0.25) is 0 Å². The van der Waals surface area contributed by atoms with Crippen molar-refractivity contribution in [2.75, 3.05) is 13.1 Å². The zero-order chi connectivity index (χ0) is 36.3. The van der Waals surface area contributed by atoms with Crippen molar-refractivity contribution >= 4 is 23.2 Å². The topological polar surface area (TPSA) is 33.3 Å². The molecule has 0 spiro atoms. The molecule has 0 amide bonds. The maximum absolute atomic E-state index is 6.81. The van der Waals surface area contributed by atoms with Crippen molar-refractivity contribution < 1.29 is 4.74 Å². The van der Waals surface area contributed by atoms with E-state index in [1.54, 1.807) is 0 Å². The van der Waals surface area contributed by atoms with Crippen LogP contribution in [0.4, 0.5) is 0 Å². The van der Waals surface area contributed by atoms with Crippen molar-refractivity contribution in [3.05, 3.63) is 128 Å². The van der Waals surface area contributed by atoms with Gasteiger partial charge in [-0.15, -0.1) is 0 Å². The van der Waals surface area contributed by atoms with E-state index >= 15 is 0 Å². The summed E-state index contributed by atoms with van der Waals surface area (Å²) in [6.45, 7) is 11.1. The summed E-state index contributed by atoms with van der Waals surface area (Å²) < 4.78 is 6.81. The summed E-state index contributed by atoms with van der Waals surface area (Å²) in [4.78, 5) is 0. The van der Waals surface area contributed by atoms with Gasteiger partial charge in [0, 0.05) is 22.1 Å². The van der Waals surface area contributed by atoms with Crippen LogP contribution in [0.1, 0.15) is 150 Å². The van der Waals surface area contributed by atoms with E-state index in [0.717, 1.165) is 60.3 Å². The van der Waals surface area contributed by atoms with Crippen molar-refractivity contribution in [3.63, 3.8) is 0 Å². The predicted octanol–water partition coefficient (Wildman–Crippen LogP) is 14.0. The summed E-state index contributed by atoms with van der Waals surface area (Å²) in [6.07, 6.45) is 15.9. The smallest absolute Gasteiger partial charge is 0.127 e. The van der Waals surface area contributed by atoms with E-state index in [4.69, 9.17) is 27.9 Å². The quantitative estimate of drug-likeness (QED) is 0.0705. The maximum atomic E-state index is 6.81. The molecule has 0 fully saturated rings. The molecule has 4 aromatic rings. The zero-order valence-corrected chi connectivity index (χ0v) is 33.2. The Labute approximate surface area is 319 Å². The van der Waals surface area contributed by atoms with Crippen LogP contribution in [0.5, 0.6) is 11.5 Å². The van der Waals surface area contributed by atoms with Crippen molar-refractivity contribution in [1.82, 2.24) is 10.6 Å². The number of ether oxygens (including phenoxy) is 1. The molecule has 0 aliphatic carbocycles. The lowest BCUT2D eigenvalue weighted by atomic mass is 9.91. The monoisotopic (exact) mass is 728 g/mol. The third kappa shape index (κ3) is 13.9. The second kappa shape index (κ2) is 23.0. The highest BCUT2D eigenvalue weighted by Gasteiger charge is 2.19. The third-order valence-electron chi connectivity index (χ3n) is 9.82. The second-order valence-corrected chi connectivity index (χ2v) is 15.0. The second-order valence-electron chi connectivity index (χ2n) is 14.1. The highest BCUT2D eigenvalue weighted by atomic mass is 35.5. The first-order valence-electron chi connectivity index (χ1n) is 19.8. The van der Waals surface area contributed by atoms with E-state index in [0.29, 0.717) is 0 Å². The average Bonchev–Trinajstić information content (AvgIpc) is 3.12. The SMILES string of the molecule is CCCCCC(NCCCC)c1cc(Oc2ccc(Cc3cccc(Cl)c3)c(C(CCCCC)NCCCC)c2)ccc1Cc1cccc(Cl)c1. The van der Waals surface area contributed by atoms with Gasteiger partial charge in [0.15, 0.2) is 0 Å². The van der Waals surface area contributed by atoms with Crippen LogP contribution in [0.2, 0.25) is 10.0 Å². The van der Waals surface area contributed by atoms with Gasteiger partial charge in [-0.25, -0.2) is 0 Å². The van der Waals surface area contributed by atoms with Crippen LogP contribution in [0, 0.1) is 0 Å². The van der Waals surface area contributed by atoms with Gasteiger partial charge >= 0.3 is 0 Å². The Morgan fingerprint density at radius 2 is 0.941 bits per heavy atom. The molecule has 2 atom stereocenters. The van der Waals surface area contributed by atoms with Gasteiger partial charge in [-0.3, -0.25) is 0 Å². The fraction of sp³-hybridized carbons (Fsp3) is 0.478. The summed E-state index contributed by atoms with van der Waals surface area (Å²) in [6, 6.07) is 30.5. The first-order chi connectivity index (χ1) is 24.9. The summed E-state index contributed by atoms with van der Waals surface area (Å²) in [5, 5.41) is 9.42. The van der Waals surface area contributed by atoms with Crippen molar-refractivity contribution in [2.45, 2.75) is 130 Å². The van der Waals surface area contributed by atoms with Gasteiger partial charge < -0.3 is 15.4 Å². The van der Waals surface area contributed by atoms with Gasteiger partial charge in [-0.1, -0.05) is 139 Å². The molecule has 276 valence electrons. The fourth-order valence-electron chi connectivity index (χ4n) is 6.95. The Morgan fingerprint density at radius 1 is 0.510 bits per heavy atom. The number of unbranched alkanes of at least 4 members (excludes halogenated alkanes) is 6. The lowest BCUT2D eigenvalue weighted by molar-refractivity contribution is 0.451. The highest BCUT2D eigenvalue weighted by molar-refractivity contribution is 6.30. The fourth-order valence-corrected chi connectivity index (χ4v) is 7.38. The van der Waals surface area contributed by atoms with Crippen LogP contribution in [0.3, 0.4) is 0 Å². The minimum absolute atomic E-state index is 0.266. The molecule has 4 rings (SSSR count). The van der Waals surface area contributed by atoms with Gasteiger partial charge in [0.1, 0.15) is 11.5 Å². The standard InChI is InChI=1S/C46H62Cl2N2O/c1-5-9-13-21-45(49-27-11-7-3)43-33-41(25-23-37(43)29-35-17-15-19-39(47)31-35)51-42-26-24-38(30-36-18-16-20-40(48)32-36)44(34-42)46(22-14-10-6-2)50-28-12-8-4/h15-20,23-26,31-34,45-46,49-50H,5-14,21-22,27-30H2,1-4H3. The van der Waals surface area contributed by atoms with Crippen LogP contribution < -0.4 is 15.4 Å². The number of rotatable bonds is 24. The number of hydrogen-bond donors (Lipinski definition) is 2. The van der Waals surface area contributed by atoms with E-state index in [2.05, 4.69) is 99.0 Å². The average molecular weight is 730 g/mol. The molecule has 51 heavy (non-hydrogen) atoms. The number of hydrogen-bond acceptors (Lipinski definition) is 3. The maximum Gasteiger partial charge on any atom is 0.127 e. The summed E-state index contributed by atoms with van der Waals surface area (Å²) in [7, 11) is 0. The van der Waals surface area contributed by atoms with E-state index in [-0.39, 0.29) is 12.1 Å². The summed E-state index contributed by atoms with van der Waals surface area (Å²) in [5.74, 6) is 1.76. The highest BCUT2D eigenvalue weighted by Crippen LogP contribution is 2.35. The van der Waals surface area contributed by atoms with Crippen molar-refractivity contribution in [1.29, 1.82) is 0 Å². The molecule has 2 unspecified atom stereocenters. The Morgan fingerprint density at radius 3 is 1.33 bits per heavy atom. The Balaban J connectivity index is 1.72. The molecular formula is C46H62Cl2N2O. The predicted molar refractivity (Wildman–Crippen MR) is 221 cm³/mol. The van der Waals surface area contributed by atoms with Gasteiger partial charge in [-0.2, -0.15) is 0 Å². The summed E-state index contributed by atoms with van der Waals surface area (Å²) >= 11 is 12.8. The minimum Gasteiger partial charge on any atom is -0.457 e. The van der Waals surface area contributed by atoms with E-state index < -0.39 is 0 Å². The largest absolute Gasteiger partial charge is 0.457 e. The Kier molecular flexibility index (Phi) is 18.4. The molecule has 5 heteroatoms. The molecule has 3 nitrogen and oxygen atoms in total. The van der Waals surface area contributed by atoms with Gasteiger partial charge in [-0.05, 0) is 134 Å². The lowest BCUT2D eigenvalue weighted by Gasteiger charge is -2.25. The molecule has 2 N–H and O–H groups in total. The number of nitrogens with one attached hydrogen (secondary N) is 2. The molecule has 0 aromatic heterocycles. The Hall–Kier alpha value is -2.82. The van der Waals surface area contributed by atoms with Crippen molar-refractivity contribution in [3.8, 4) is 11.5 Å². The number of halogens is 2. The first kappa shape index (κ1) is 40.9. The molecule has 0 aliphatic heterocycles. The van der Waals surface area contributed by atoms with Crippen LogP contribution in [-0.4, -0.2) is 13.1 Å². The third-order valence-corrected chi connectivity index (χ3v) is 10.3. The zero-order valence-electron chi connectivity index (χ0n) is 31.7. The molecule has 0 aliphatic rings. The first-order valence-corrected chi connectivity index (χ1v) is 20.6. The van der Waals surface area contributed by atoms with Crippen LogP contribution in [0.25, 0.3) is 0 Å². The minimum atomic E-state index is 0.266. The summed E-state index contributed by atoms with van der Waals surface area (Å²) in [5.41, 5.74) is 7.76. The number of benzene rings is 4. The van der Waals surface area contributed by atoms with Crippen LogP contribution >= 0.6 is 23.2 Å². The normalized spacial score (nSPS) is 12.6. The van der Waals surface area contributed by atoms with E-state index in [1.165, 1.54) is 97.6 Å². The van der Waals surface area contributed by atoms with E-state index in [9.17, 15) is 0 Å². The molecule has 0 radical (unpaired) electrons. The Bertz CT molecular complexity index is 1450. The van der Waals surface area contributed by atoms with Crippen molar-refractivity contribution in [2.24, 2.45) is 0 Å². The lowest BCUT2D eigenvalue weighted by Crippen LogP contribution is -2.24. The molecule has 0 saturated carbocycles. The molecule has 0 bridgehead atoms. The molecule has 0 heterocycles. The van der Waals surface area contributed by atoms with Crippen LogP contribution in [0.15, 0.2) is 84.9 Å². The molecule has 4 aromatic carbocycles.